The van der Waals surface area contributed by atoms with Gasteiger partial charge in [-0.3, -0.25) is 4.79 Å². The van der Waals surface area contributed by atoms with E-state index in [0.29, 0.717) is 0 Å². The van der Waals surface area contributed by atoms with Gasteiger partial charge in [0.2, 0.25) is 0 Å². The fourth-order valence-corrected chi connectivity index (χ4v) is 1.89. The minimum absolute atomic E-state index is 0.108. The molecular formula is C10H11F9OS. The quantitative estimate of drug-likeness (QED) is 0.597. The summed E-state index contributed by atoms with van der Waals surface area (Å²) in [5.41, 5.74) is 0. The SMILES string of the molecule is CCC(=O)SCCC(F)(F)C(F)(F)C(F)(F)C(F)(F)CF. The Morgan fingerprint density at radius 1 is 0.905 bits per heavy atom. The van der Waals surface area contributed by atoms with Crippen molar-refractivity contribution in [2.75, 3.05) is 12.4 Å². The topological polar surface area (TPSA) is 17.1 Å². The highest BCUT2D eigenvalue weighted by Gasteiger charge is 2.80. The molecule has 0 aliphatic carbocycles. The van der Waals surface area contributed by atoms with Crippen molar-refractivity contribution in [3.8, 4) is 0 Å². The first-order valence-electron chi connectivity index (χ1n) is 5.49. The number of halogens is 9. The van der Waals surface area contributed by atoms with Gasteiger partial charge in [-0.15, -0.1) is 0 Å². The molecule has 0 spiro atoms. The molecule has 0 amide bonds. The predicted molar refractivity (Wildman–Crippen MR) is 58.1 cm³/mol. The lowest BCUT2D eigenvalue weighted by molar-refractivity contribution is -0.367. The van der Waals surface area contributed by atoms with E-state index >= 15 is 0 Å². The molecule has 0 N–H and O–H groups in total. The van der Waals surface area contributed by atoms with Crippen molar-refractivity contribution in [2.24, 2.45) is 0 Å². The molecule has 0 aliphatic rings. The van der Waals surface area contributed by atoms with Gasteiger partial charge < -0.3 is 0 Å². The van der Waals surface area contributed by atoms with E-state index in [4.69, 9.17) is 0 Å². The molecule has 1 nitrogen and oxygen atoms in total. The molecule has 0 saturated carbocycles. The molecule has 0 fully saturated rings. The molecule has 0 aromatic carbocycles. The number of rotatable bonds is 8. The van der Waals surface area contributed by atoms with E-state index in [0.717, 1.165) is 0 Å². The van der Waals surface area contributed by atoms with Gasteiger partial charge in [-0.25, -0.2) is 4.39 Å². The Morgan fingerprint density at radius 3 is 1.71 bits per heavy atom. The van der Waals surface area contributed by atoms with Gasteiger partial charge in [0.25, 0.3) is 0 Å². The van der Waals surface area contributed by atoms with Crippen molar-refractivity contribution in [2.45, 2.75) is 43.5 Å². The third-order valence-corrected chi connectivity index (χ3v) is 3.47. The van der Waals surface area contributed by atoms with Crippen molar-refractivity contribution >= 4 is 16.9 Å². The molecule has 0 unspecified atom stereocenters. The lowest BCUT2D eigenvalue weighted by Crippen LogP contribution is -2.63. The van der Waals surface area contributed by atoms with Gasteiger partial charge in [-0.2, -0.15) is 35.1 Å². The Balaban J connectivity index is 5.14. The van der Waals surface area contributed by atoms with Gasteiger partial charge in [0, 0.05) is 18.6 Å². The normalized spacial score (nSPS) is 14.4. The molecule has 0 aliphatic heterocycles. The van der Waals surface area contributed by atoms with E-state index in [-0.39, 0.29) is 18.2 Å². The second kappa shape index (κ2) is 6.66. The summed E-state index contributed by atoms with van der Waals surface area (Å²) in [4.78, 5) is 10.8. The summed E-state index contributed by atoms with van der Waals surface area (Å²) in [6, 6.07) is 0. The zero-order valence-electron chi connectivity index (χ0n) is 10.5. The molecule has 0 radical (unpaired) electrons. The maximum Gasteiger partial charge on any atom is 0.380 e. The fourth-order valence-electron chi connectivity index (χ4n) is 1.10. The highest BCUT2D eigenvalue weighted by Crippen LogP contribution is 2.53. The Morgan fingerprint density at radius 2 is 1.33 bits per heavy atom. The van der Waals surface area contributed by atoms with E-state index in [9.17, 15) is 44.3 Å². The zero-order chi connectivity index (χ0) is 17.1. The molecule has 0 aromatic rings. The predicted octanol–water partition coefficient (Wildman–Crippen LogP) is 4.56. The van der Waals surface area contributed by atoms with Crippen LogP contribution < -0.4 is 0 Å². The summed E-state index contributed by atoms with van der Waals surface area (Å²) in [5.74, 6) is -25.5. The van der Waals surface area contributed by atoms with E-state index < -0.39 is 47.7 Å². The third-order valence-electron chi connectivity index (χ3n) is 2.45. The van der Waals surface area contributed by atoms with Crippen LogP contribution in [0, 0.1) is 0 Å². The fraction of sp³-hybridized carbons (Fsp3) is 0.900. The highest BCUT2D eigenvalue weighted by molar-refractivity contribution is 8.13. The first-order valence-corrected chi connectivity index (χ1v) is 6.48. The van der Waals surface area contributed by atoms with Crippen LogP contribution in [0.5, 0.6) is 0 Å². The number of thioether (sulfide) groups is 1. The molecule has 0 heterocycles. The van der Waals surface area contributed by atoms with Crippen LogP contribution >= 0.6 is 11.8 Å². The maximum absolute atomic E-state index is 13.1. The molecule has 0 bridgehead atoms. The molecule has 0 saturated heterocycles. The minimum atomic E-state index is -6.57. The zero-order valence-corrected chi connectivity index (χ0v) is 11.4. The Bertz CT molecular complexity index is 370. The Kier molecular flexibility index (Phi) is 6.46. The second-order valence-corrected chi connectivity index (χ2v) is 5.17. The molecular weight excluding hydrogens is 339 g/mol. The van der Waals surface area contributed by atoms with Crippen molar-refractivity contribution in [3.63, 3.8) is 0 Å². The van der Waals surface area contributed by atoms with Gasteiger partial charge in [0.15, 0.2) is 11.8 Å². The molecule has 126 valence electrons. The minimum Gasteiger partial charge on any atom is -0.287 e. The average molecular weight is 350 g/mol. The van der Waals surface area contributed by atoms with Gasteiger partial charge in [0.1, 0.15) is 0 Å². The molecule has 0 aromatic heterocycles. The summed E-state index contributed by atoms with van der Waals surface area (Å²) in [6.07, 6.45) is -2.04. The number of alkyl halides is 9. The maximum atomic E-state index is 13.1. The molecule has 11 heteroatoms. The third kappa shape index (κ3) is 3.98. The van der Waals surface area contributed by atoms with Crippen LogP contribution in [0.25, 0.3) is 0 Å². The number of hydrogen-bond donors (Lipinski definition) is 0. The highest BCUT2D eigenvalue weighted by atomic mass is 32.2. The van der Waals surface area contributed by atoms with Crippen LogP contribution in [0.4, 0.5) is 39.5 Å². The molecule has 0 atom stereocenters. The Hall–Kier alpha value is -0.610. The number of carbonyl (C=O) groups excluding carboxylic acids is 1. The molecule has 0 rings (SSSR count). The molecule has 21 heavy (non-hydrogen) atoms. The first kappa shape index (κ1) is 20.4. The van der Waals surface area contributed by atoms with E-state index in [1.165, 1.54) is 6.92 Å². The Labute approximate surface area is 118 Å². The lowest BCUT2D eigenvalue weighted by Gasteiger charge is -2.35. The summed E-state index contributed by atoms with van der Waals surface area (Å²) >= 11 is 0.185. The van der Waals surface area contributed by atoms with Crippen LogP contribution in [0.2, 0.25) is 0 Å². The van der Waals surface area contributed by atoms with Crippen LogP contribution in [0.15, 0.2) is 0 Å². The lowest BCUT2D eigenvalue weighted by atomic mass is 9.97. The van der Waals surface area contributed by atoms with E-state index in [2.05, 4.69) is 0 Å². The van der Waals surface area contributed by atoms with Gasteiger partial charge >= 0.3 is 23.7 Å². The average Bonchev–Trinajstić information content (AvgIpc) is 2.37. The van der Waals surface area contributed by atoms with Crippen molar-refractivity contribution in [3.05, 3.63) is 0 Å². The largest absolute Gasteiger partial charge is 0.380 e. The smallest absolute Gasteiger partial charge is 0.287 e. The van der Waals surface area contributed by atoms with Crippen molar-refractivity contribution in [1.29, 1.82) is 0 Å². The van der Waals surface area contributed by atoms with E-state index in [1.807, 2.05) is 0 Å². The van der Waals surface area contributed by atoms with Crippen molar-refractivity contribution < 1.29 is 44.3 Å². The standard InChI is InChI=1S/C10H11F9OS/c1-2-6(20)21-4-3-7(12,13)9(16,17)10(18,19)8(14,15)5-11/h2-5H2,1H3. The van der Waals surface area contributed by atoms with Crippen molar-refractivity contribution in [1.82, 2.24) is 0 Å². The summed E-state index contributed by atoms with van der Waals surface area (Å²) in [6.45, 7) is -1.87. The van der Waals surface area contributed by atoms with Crippen LogP contribution in [0.1, 0.15) is 19.8 Å². The summed E-state index contributed by atoms with van der Waals surface area (Å²) < 4.78 is 115. The van der Waals surface area contributed by atoms with Crippen LogP contribution in [-0.4, -0.2) is 41.2 Å². The number of carbonyl (C=O) groups is 1. The number of hydrogen-bond acceptors (Lipinski definition) is 2. The van der Waals surface area contributed by atoms with Gasteiger partial charge in [-0.05, 0) is 0 Å². The van der Waals surface area contributed by atoms with Crippen LogP contribution in [0.3, 0.4) is 0 Å². The monoisotopic (exact) mass is 350 g/mol. The van der Waals surface area contributed by atoms with Crippen LogP contribution in [-0.2, 0) is 4.79 Å². The van der Waals surface area contributed by atoms with Gasteiger partial charge in [-0.1, -0.05) is 18.7 Å². The van der Waals surface area contributed by atoms with E-state index in [1.54, 1.807) is 0 Å². The summed E-state index contributed by atoms with van der Waals surface area (Å²) in [5, 5.41) is -0.657. The first-order chi connectivity index (χ1) is 9.27. The second-order valence-electron chi connectivity index (χ2n) is 4.02. The summed E-state index contributed by atoms with van der Waals surface area (Å²) in [7, 11) is 0. The van der Waals surface area contributed by atoms with Gasteiger partial charge in [0.05, 0.1) is 0 Å².